The first-order valence-electron chi connectivity index (χ1n) is 8.33. The van der Waals surface area contributed by atoms with Crippen molar-refractivity contribution in [3.63, 3.8) is 0 Å². The van der Waals surface area contributed by atoms with Crippen LogP contribution in [0.4, 0.5) is 10.5 Å². The molecule has 3 N–H and O–H groups in total. The lowest BCUT2D eigenvalue weighted by atomic mass is 10.0. The zero-order valence-corrected chi connectivity index (χ0v) is 15.8. The number of amides is 2. The van der Waals surface area contributed by atoms with Gasteiger partial charge in [0, 0.05) is 30.1 Å². The molecule has 1 atom stereocenters. The van der Waals surface area contributed by atoms with Gasteiger partial charge < -0.3 is 25.4 Å². The van der Waals surface area contributed by atoms with Crippen LogP contribution in [0.5, 0.6) is 5.75 Å². The van der Waals surface area contributed by atoms with Crippen LogP contribution in [0, 0.1) is 0 Å². The number of nitrogens with zero attached hydrogens (tertiary/aromatic N) is 1. The molecule has 1 aromatic rings. The number of halogens is 1. The maximum atomic E-state index is 12.2. The van der Waals surface area contributed by atoms with E-state index in [0.717, 1.165) is 42.6 Å². The van der Waals surface area contributed by atoms with E-state index >= 15 is 0 Å². The van der Waals surface area contributed by atoms with Gasteiger partial charge in [-0.15, -0.1) is 0 Å². The number of benzene rings is 1. The third kappa shape index (κ3) is 5.65. The molecule has 1 aromatic carbocycles. The van der Waals surface area contributed by atoms with Gasteiger partial charge in [-0.2, -0.15) is 0 Å². The Kier molecular flexibility index (Phi) is 7.33. The lowest BCUT2D eigenvalue weighted by Crippen LogP contribution is -2.47. The van der Waals surface area contributed by atoms with Gasteiger partial charge in [-0.05, 0) is 53.4 Å². The number of carbonyl (C=O) groups is 1. The second-order valence-electron chi connectivity index (χ2n) is 6.08. The molecule has 1 saturated heterocycles. The van der Waals surface area contributed by atoms with E-state index in [4.69, 9.17) is 4.74 Å². The van der Waals surface area contributed by atoms with E-state index in [1.165, 1.54) is 0 Å². The molecule has 0 saturated carbocycles. The van der Waals surface area contributed by atoms with Gasteiger partial charge in [-0.3, -0.25) is 0 Å². The molecule has 2 rings (SSSR count). The number of piperidine rings is 1. The Morgan fingerprint density at radius 1 is 1.46 bits per heavy atom. The van der Waals surface area contributed by atoms with Gasteiger partial charge in [0.05, 0.1) is 18.9 Å². The van der Waals surface area contributed by atoms with Crippen LogP contribution in [-0.2, 0) is 0 Å². The third-order valence-corrected chi connectivity index (χ3v) is 4.94. The highest BCUT2D eigenvalue weighted by Crippen LogP contribution is 2.27. The standard InChI is InChI=1S/C17H26BrN3O3/c1-3-13(22)11-21-8-6-12(7-9-21)19-17(23)20-16-5-4-14(24-2)10-15(16)18/h4-5,10,12-13,22H,3,6-9,11H2,1-2H3,(H2,19,20,23)/t13-/m1/s1. The van der Waals surface area contributed by atoms with Crippen molar-refractivity contribution in [3.05, 3.63) is 22.7 Å². The SMILES string of the molecule is CC[C@@H](O)CN1CCC(NC(=O)Nc2ccc(OC)cc2Br)CC1. The van der Waals surface area contributed by atoms with Crippen LogP contribution >= 0.6 is 15.9 Å². The van der Waals surface area contributed by atoms with Crippen molar-refractivity contribution in [2.75, 3.05) is 32.1 Å². The lowest BCUT2D eigenvalue weighted by Gasteiger charge is -2.33. The summed E-state index contributed by atoms with van der Waals surface area (Å²) in [4.78, 5) is 14.4. The summed E-state index contributed by atoms with van der Waals surface area (Å²) in [5.41, 5.74) is 0.705. The Morgan fingerprint density at radius 2 is 2.17 bits per heavy atom. The number of rotatable bonds is 6. The molecule has 0 spiro atoms. The molecule has 7 heteroatoms. The van der Waals surface area contributed by atoms with E-state index < -0.39 is 0 Å². The summed E-state index contributed by atoms with van der Waals surface area (Å²) in [6, 6.07) is 5.38. The number of likely N-dealkylation sites (tertiary alicyclic amines) is 1. The van der Waals surface area contributed by atoms with E-state index in [0.29, 0.717) is 12.2 Å². The van der Waals surface area contributed by atoms with E-state index in [-0.39, 0.29) is 18.2 Å². The highest BCUT2D eigenvalue weighted by Gasteiger charge is 2.22. The second kappa shape index (κ2) is 9.25. The molecular formula is C17H26BrN3O3. The summed E-state index contributed by atoms with van der Waals surface area (Å²) in [5.74, 6) is 0.731. The van der Waals surface area contributed by atoms with Crippen LogP contribution in [0.15, 0.2) is 22.7 Å². The molecule has 2 amide bonds. The van der Waals surface area contributed by atoms with Crippen LogP contribution < -0.4 is 15.4 Å². The number of urea groups is 1. The number of carbonyl (C=O) groups excluding carboxylic acids is 1. The number of methoxy groups -OCH3 is 1. The van der Waals surface area contributed by atoms with Crippen LogP contribution in [0.25, 0.3) is 0 Å². The Morgan fingerprint density at radius 3 is 2.75 bits per heavy atom. The quantitative estimate of drug-likeness (QED) is 0.687. The monoisotopic (exact) mass is 399 g/mol. The Labute approximate surface area is 151 Å². The van der Waals surface area contributed by atoms with Crippen molar-refractivity contribution < 1.29 is 14.6 Å². The highest BCUT2D eigenvalue weighted by molar-refractivity contribution is 9.10. The van der Waals surface area contributed by atoms with Crippen LogP contribution in [-0.4, -0.2) is 54.9 Å². The minimum Gasteiger partial charge on any atom is -0.497 e. The van der Waals surface area contributed by atoms with Crippen molar-refractivity contribution in [2.24, 2.45) is 0 Å². The average Bonchev–Trinajstić information content (AvgIpc) is 2.58. The first-order chi connectivity index (χ1) is 11.5. The molecule has 134 valence electrons. The molecule has 0 unspecified atom stereocenters. The largest absolute Gasteiger partial charge is 0.497 e. The molecule has 0 bridgehead atoms. The number of anilines is 1. The summed E-state index contributed by atoms with van der Waals surface area (Å²) in [6.07, 6.45) is 2.31. The normalized spacial score (nSPS) is 17.3. The third-order valence-electron chi connectivity index (χ3n) is 4.29. The Balaban J connectivity index is 1.77. The Hall–Kier alpha value is -1.31. The molecule has 1 aliphatic rings. The summed E-state index contributed by atoms with van der Waals surface area (Å²) in [6.45, 7) is 4.50. The van der Waals surface area contributed by atoms with Gasteiger partial charge >= 0.3 is 6.03 Å². The first-order valence-corrected chi connectivity index (χ1v) is 9.12. The number of nitrogens with one attached hydrogen (secondary N) is 2. The number of aliphatic hydroxyl groups excluding tert-OH is 1. The van der Waals surface area contributed by atoms with Crippen molar-refractivity contribution in [2.45, 2.75) is 38.3 Å². The molecular weight excluding hydrogens is 374 g/mol. The maximum Gasteiger partial charge on any atom is 0.319 e. The van der Waals surface area contributed by atoms with Crippen LogP contribution in [0.2, 0.25) is 0 Å². The summed E-state index contributed by atoms with van der Waals surface area (Å²) < 4.78 is 5.92. The minimum atomic E-state index is -0.259. The fourth-order valence-corrected chi connectivity index (χ4v) is 3.21. The smallest absolute Gasteiger partial charge is 0.319 e. The van der Waals surface area contributed by atoms with E-state index in [1.54, 1.807) is 19.2 Å². The first kappa shape index (κ1) is 19.0. The number of hydrogen-bond donors (Lipinski definition) is 3. The van der Waals surface area contributed by atoms with Gasteiger partial charge in [0.1, 0.15) is 5.75 Å². The molecule has 1 aliphatic heterocycles. The van der Waals surface area contributed by atoms with Crippen molar-refractivity contribution in [1.82, 2.24) is 10.2 Å². The fraction of sp³-hybridized carbons (Fsp3) is 0.588. The van der Waals surface area contributed by atoms with Gasteiger partial charge in [0.15, 0.2) is 0 Å². The molecule has 24 heavy (non-hydrogen) atoms. The summed E-state index contributed by atoms with van der Waals surface area (Å²) in [5, 5.41) is 15.6. The van der Waals surface area contributed by atoms with Crippen molar-refractivity contribution >= 4 is 27.6 Å². The summed E-state index contributed by atoms with van der Waals surface area (Å²) in [7, 11) is 1.60. The molecule has 1 heterocycles. The van der Waals surface area contributed by atoms with Gasteiger partial charge in [0.2, 0.25) is 0 Å². The van der Waals surface area contributed by atoms with E-state index in [1.807, 2.05) is 13.0 Å². The fourth-order valence-electron chi connectivity index (χ4n) is 2.75. The highest BCUT2D eigenvalue weighted by atomic mass is 79.9. The lowest BCUT2D eigenvalue weighted by molar-refractivity contribution is 0.0925. The number of hydrogen-bond acceptors (Lipinski definition) is 4. The molecule has 0 radical (unpaired) electrons. The zero-order valence-electron chi connectivity index (χ0n) is 14.2. The molecule has 0 aliphatic carbocycles. The van der Waals surface area contributed by atoms with Crippen LogP contribution in [0.3, 0.4) is 0 Å². The predicted molar refractivity (Wildman–Crippen MR) is 98.6 cm³/mol. The van der Waals surface area contributed by atoms with Gasteiger partial charge in [-0.1, -0.05) is 6.92 Å². The van der Waals surface area contributed by atoms with Crippen molar-refractivity contribution in [1.29, 1.82) is 0 Å². The summed E-state index contributed by atoms with van der Waals surface area (Å²) >= 11 is 3.43. The number of ether oxygens (including phenoxy) is 1. The maximum absolute atomic E-state index is 12.2. The topological polar surface area (TPSA) is 73.8 Å². The minimum absolute atomic E-state index is 0.164. The van der Waals surface area contributed by atoms with E-state index in [2.05, 4.69) is 31.5 Å². The average molecular weight is 400 g/mol. The second-order valence-corrected chi connectivity index (χ2v) is 6.94. The predicted octanol–water partition coefficient (Wildman–Crippen LogP) is 2.81. The molecule has 0 aromatic heterocycles. The van der Waals surface area contributed by atoms with E-state index in [9.17, 15) is 9.90 Å². The Bertz CT molecular complexity index is 548. The molecule has 1 fully saturated rings. The van der Waals surface area contributed by atoms with Gasteiger partial charge in [0.25, 0.3) is 0 Å². The molecule has 6 nitrogen and oxygen atoms in total. The number of β-amino-alcohol motifs (C(OH)–C–C–N with tert-alkyl or cyclic N) is 1. The van der Waals surface area contributed by atoms with Crippen LogP contribution in [0.1, 0.15) is 26.2 Å². The van der Waals surface area contributed by atoms with Gasteiger partial charge in [-0.25, -0.2) is 4.79 Å². The van der Waals surface area contributed by atoms with Crippen molar-refractivity contribution in [3.8, 4) is 5.75 Å². The zero-order chi connectivity index (χ0) is 17.5. The number of aliphatic hydroxyl groups is 1.